The Bertz CT molecular complexity index is 675. The first-order chi connectivity index (χ1) is 8.88. The highest BCUT2D eigenvalue weighted by molar-refractivity contribution is 8.00. The van der Waals surface area contributed by atoms with Gasteiger partial charge in [-0.25, -0.2) is 13.1 Å². The summed E-state index contributed by atoms with van der Waals surface area (Å²) in [6, 6.07) is 1.76. The Morgan fingerprint density at radius 2 is 2.21 bits per heavy atom. The normalized spacial score (nSPS) is 11.9. The van der Waals surface area contributed by atoms with E-state index in [0.29, 0.717) is 22.5 Å². The van der Waals surface area contributed by atoms with Crippen LogP contribution in [0.2, 0.25) is 0 Å². The summed E-state index contributed by atoms with van der Waals surface area (Å²) in [5.41, 5.74) is 0.768. The molecule has 2 heterocycles. The van der Waals surface area contributed by atoms with Crippen molar-refractivity contribution in [2.45, 2.75) is 12.1 Å². The molecule has 0 saturated carbocycles. The van der Waals surface area contributed by atoms with Crippen LogP contribution in [0.1, 0.15) is 5.76 Å². The first-order valence-electron chi connectivity index (χ1n) is 5.44. The summed E-state index contributed by atoms with van der Waals surface area (Å²) in [7, 11) is -2.98. The topological polar surface area (TPSA) is 104 Å². The molecule has 0 fully saturated rings. The number of nitrogen functional groups attached to an aromatic ring is 1. The fourth-order valence-corrected chi connectivity index (χ4v) is 3.51. The lowest BCUT2D eigenvalue weighted by Gasteiger charge is -2.02. The van der Waals surface area contributed by atoms with E-state index < -0.39 is 9.84 Å². The quantitative estimate of drug-likeness (QED) is 0.640. The Morgan fingerprint density at radius 1 is 1.47 bits per heavy atom. The van der Waals surface area contributed by atoms with Crippen molar-refractivity contribution in [3.63, 3.8) is 0 Å². The fraction of sp³-hybridized carbons (Fsp3) is 0.400. The molecule has 0 atom stereocenters. The van der Waals surface area contributed by atoms with Gasteiger partial charge in [0.25, 0.3) is 0 Å². The van der Waals surface area contributed by atoms with Crippen molar-refractivity contribution in [3.8, 4) is 11.4 Å². The molecular weight excluding hydrogens is 288 g/mol. The molecule has 104 valence electrons. The zero-order chi connectivity index (χ0) is 14.0. The molecule has 0 saturated heterocycles. The Balaban J connectivity index is 2.13. The van der Waals surface area contributed by atoms with E-state index >= 15 is 0 Å². The number of thioether (sulfide) groups is 1. The molecule has 2 aromatic rings. The van der Waals surface area contributed by atoms with Gasteiger partial charge in [0.2, 0.25) is 5.16 Å². The summed E-state index contributed by atoms with van der Waals surface area (Å²) in [5.74, 6) is 7.55. The lowest BCUT2D eigenvalue weighted by Crippen LogP contribution is -2.13. The summed E-state index contributed by atoms with van der Waals surface area (Å²) >= 11 is 1.25. The third kappa shape index (κ3) is 3.29. The van der Waals surface area contributed by atoms with E-state index in [1.54, 1.807) is 19.3 Å². The minimum absolute atomic E-state index is 0.0740. The van der Waals surface area contributed by atoms with Gasteiger partial charge in [0.15, 0.2) is 5.82 Å². The Hall–Kier alpha value is -1.48. The third-order valence-electron chi connectivity index (χ3n) is 2.45. The highest BCUT2D eigenvalue weighted by Crippen LogP contribution is 2.24. The van der Waals surface area contributed by atoms with Crippen molar-refractivity contribution < 1.29 is 12.8 Å². The molecule has 0 amide bonds. The Morgan fingerprint density at radius 3 is 2.79 bits per heavy atom. The molecule has 2 rings (SSSR count). The summed E-state index contributed by atoms with van der Waals surface area (Å²) in [6.07, 6.45) is 2.75. The van der Waals surface area contributed by atoms with Crippen LogP contribution in [0.15, 0.2) is 21.9 Å². The third-order valence-corrected chi connectivity index (χ3v) is 4.60. The predicted octanol–water partition coefficient (Wildman–Crippen LogP) is 0.697. The zero-order valence-corrected chi connectivity index (χ0v) is 12.2. The SMILES string of the molecule is Cc1occc1-c1nnc(SCCS(C)(=O)=O)n1N. The molecule has 19 heavy (non-hydrogen) atoms. The van der Waals surface area contributed by atoms with E-state index in [0.717, 1.165) is 5.56 Å². The number of aryl methyl sites for hydroxylation is 1. The molecule has 0 radical (unpaired) electrons. The summed E-state index contributed by atoms with van der Waals surface area (Å²) in [6.45, 7) is 1.81. The summed E-state index contributed by atoms with van der Waals surface area (Å²) < 4.78 is 28.6. The van der Waals surface area contributed by atoms with Crippen molar-refractivity contribution in [1.82, 2.24) is 14.9 Å². The van der Waals surface area contributed by atoms with Crippen molar-refractivity contribution >= 4 is 21.6 Å². The minimum atomic E-state index is -2.98. The van der Waals surface area contributed by atoms with Crippen LogP contribution in [0.25, 0.3) is 11.4 Å². The number of nitrogens with zero attached hydrogens (tertiary/aromatic N) is 3. The second-order valence-electron chi connectivity index (χ2n) is 4.04. The molecule has 0 bridgehead atoms. The maximum atomic E-state index is 11.0. The molecule has 2 aromatic heterocycles. The summed E-state index contributed by atoms with van der Waals surface area (Å²) in [4.78, 5) is 0. The van der Waals surface area contributed by atoms with E-state index in [4.69, 9.17) is 10.3 Å². The molecule has 0 aliphatic carbocycles. The van der Waals surface area contributed by atoms with Gasteiger partial charge in [-0.2, -0.15) is 0 Å². The molecule has 2 N–H and O–H groups in total. The largest absolute Gasteiger partial charge is 0.469 e. The molecule has 0 aliphatic heterocycles. The van der Waals surface area contributed by atoms with E-state index in [2.05, 4.69) is 10.2 Å². The molecule has 0 unspecified atom stereocenters. The molecule has 0 spiro atoms. The van der Waals surface area contributed by atoms with Crippen molar-refractivity contribution in [2.24, 2.45) is 0 Å². The van der Waals surface area contributed by atoms with Crippen LogP contribution < -0.4 is 5.84 Å². The van der Waals surface area contributed by atoms with Gasteiger partial charge >= 0.3 is 0 Å². The van der Waals surface area contributed by atoms with E-state index in [1.165, 1.54) is 22.7 Å². The lowest BCUT2D eigenvalue weighted by atomic mass is 10.2. The number of aromatic nitrogens is 3. The maximum Gasteiger partial charge on any atom is 0.210 e. The van der Waals surface area contributed by atoms with Crippen molar-refractivity contribution in [1.29, 1.82) is 0 Å². The number of hydrogen-bond donors (Lipinski definition) is 1. The molecule has 9 heteroatoms. The highest BCUT2D eigenvalue weighted by Gasteiger charge is 2.16. The first-order valence-corrected chi connectivity index (χ1v) is 8.48. The van der Waals surface area contributed by atoms with Crippen LogP contribution in [-0.2, 0) is 9.84 Å². The number of hydrogen-bond acceptors (Lipinski definition) is 7. The van der Waals surface area contributed by atoms with Gasteiger partial charge in [-0.1, -0.05) is 11.8 Å². The highest BCUT2D eigenvalue weighted by atomic mass is 32.2. The van der Waals surface area contributed by atoms with Gasteiger partial charge in [-0.05, 0) is 13.0 Å². The number of sulfone groups is 1. The van der Waals surface area contributed by atoms with Gasteiger partial charge in [-0.15, -0.1) is 10.2 Å². The van der Waals surface area contributed by atoms with Crippen LogP contribution in [0, 0.1) is 6.92 Å². The second-order valence-corrected chi connectivity index (χ2v) is 7.37. The molecule has 0 aliphatic rings. The van der Waals surface area contributed by atoms with Gasteiger partial charge in [0.1, 0.15) is 15.6 Å². The number of furan rings is 1. The maximum absolute atomic E-state index is 11.0. The number of nitrogens with two attached hydrogens (primary N) is 1. The van der Waals surface area contributed by atoms with Gasteiger partial charge in [-0.3, -0.25) is 0 Å². The van der Waals surface area contributed by atoms with Crippen LogP contribution >= 0.6 is 11.8 Å². The fourth-order valence-electron chi connectivity index (χ4n) is 1.46. The van der Waals surface area contributed by atoms with E-state index in [-0.39, 0.29) is 5.75 Å². The van der Waals surface area contributed by atoms with Gasteiger partial charge in [0.05, 0.1) is 17.6 Å². The lowest BCUT2D eigenvalue weighted by molar-refractivity contribution is 0.535. The first kappa shape index (κ1) is 13.9. The Labute approximate surface area is 115 Å². The van der Waals surface area contributed by atoms with E-state index in [9.17, 15) is 8.42 Å². The second kappa shape index (κ2) is 5.25. The molecular formula is C10H14N4O3S2. The zero-order valence-electron chi connectivity index (χ0n) is 10.5. The van der Waals surface area contributed by atoms with Crippen LogP contribution in [0.4, 0.5) is 0 Å². The van der Waals surface area contributed by atoms with Crippen LogP contribution in [-0.4, -0.2) is 41.1 Å². The summed E-state index contributed by atoms with van der Waals surface area (Å²) in [5, 5.41) is 8.41. The van der Waals surface area contributed by atoms with Gasteiger partial charge in [0, 0.05) is 12.0 Å². The average molecular weight is 302 g/mol. The smallest absolute Gasteiger partial charge is 0.210 e. The van der Waals surface area contributed by atoms with E-state index in [1.807, 2.05) is 0 Å². The molecule has 0 aromatic carbocycles. The monoisotopic (exact) mass is 302 g/mol. The van der Waals surface area contributed by atoms with Crippen LogP contribution in [0.5, 0.6) is 0 Å². The van der Waals surface area contributed by atoms with Crippen molar-refractivity contribution in [2.75, 3.05) is 23.6 Å². The number of rotatable bonds is 5. The average Bonchev–Trinajstić information content (AvgIpc) is 2.85. The minimum Gasteiger partial charge on any atom is -0.469 e. The predicted molar refractivity (Wildman–Crippen MR) is 73.0 cm³/mol. The van der Waals surface area contributed by atoms with Crippen molar-refractivity contribution in [3.05, 3.63) is 18.1 Å². The van der Waals surface area contributed by atoms with Crippen LogP contribution in [0.3, 0.4) is 0 Å². The van der Waals surface area contributed by atoms with Gasteiger partial charge < -0.3 is 10.3 Å². The Kier molecular flexibility index (Phi) is 3.85. The molecule has 7 nitrogen and oxygen atoms in total. The standard InChI is InChI=1S/C10H14N4O3S2/c1-7-8(3-4-17-7)9-12-13-10(14(9)11)18-5-6-19(2,15)16/h3-4H,5-6,11H2,1-2H3.